The Kier molecular flexibility index (Phi) is 6.03. The van der Waals surface area contributed by atoms with Gasteiger partial charge in [-0.3, -0.25) is 0 Å². The Labute approximate surface area is 153 Å². The zero-order chi connectivity index (χ0) is 18.4. The van der Waals surface area contributed by atoms with E-state index in [0.29, 0.717) is 28.1 Å². The van der Waals surface area contributed by atoms with Crippen molar-refractivity contribution in [3.8, 4) is 17.2 Å². The molecule has 0 aliphatic heterocycles. The monoisotopic (exact) mass is 376 g/mol. The number of aromatic nitrogens is 4. The van der Waals surface area contributed by atoms with Crippen LogP contribution in [0.15, 0.2) is 53.7 Å². The van der Waals surface area contributed by atoms with E-state index < -0.39 is 6.10 Å². The van der Waals surface area contributed by atoms with Crippen LogP contribution in [0.5, 0.6) is 11.5 Å². The Bertz CT molecular complexity index is 844. The Hall–Kier alpha value is -2.65. The average Bonchev–Trinajstić information content (AvgIpc) is 3.14. The summed E-state index contributed by atoms with van der Waals surface area (Å²) in [5.74, 6) is 1.13. The van der Waals surface area contributed by atoms with Gasteiger partial charge in [-0.25, -0.2) is 4.39 Å². The van der Waals surface area contributed by atoms with Gasteiger partial charge in [-0.2, -0.15) is 4.68 Å². The van der Waals surface area contributed by atoms with Crippen molar-refractivity contribution < 1.29 is 19.0 Å². The van der Waals surface area contributed by atoms with Crippen molar-refractivity contribution in [1.29, 1.82) is 0 Å². The van der Waals surface area contributed by atoms with Crippen LogP contribution >= 0.6 is 11.8 Å². The molecule has 1 unspecified atom stereocenters. The van der Waals surface area contributed by atoms with E-state index in [-0.39, 0.29) is 12.4 Å². The van der Waals surface area contributed by atoms with Crippen LogP contribution in [-0.2, 0) is 0 Å². The summed E-state index contributed by atoms with van der Waals surface area (Å²) in [5.41, 5.74) is 0.708. The number of ether oxygens (including phenoxy) is 2. The molecule has 0 aliphatic carbocycles. The number of aliphatic hydroxyl groups is 1. The Morgan fingerprint density at radius 3 is 2.73 bits per heavy atom. The minimum atomic E-state index is -0.743. The number of nitrogens with zero attached hydrogens (tertiary/aromatic N) is 4. The van der Waals surface area contributed by atoms with Gasteiger partial charge < -0.3 is 14.6 Å². The molecular formula is C17H17FN4O3S. The van der Waals surface area contributed by atoms with Gasteiger partial charge in [0, 0.05) is 5.75 Å². The topological polar surface area (TPSA) is 82.3 Å². The van der Waals surface area contributed by atoms with Crippen LogP contribution in [0.3, 0.4) is 0 Å². The number of aliphatic hydroxyl groups excluding tert-OH is 1. The molecule has 0 amide bonds. The lowest BCUT2D eigenvalue weighted by Gasteiger charge is -2.12. The average molecular weight is 376 g/mol. The van der Waals surface area contributed by atoms with Gasteiger partial charge in [0.2, 0.25) is 5.16 Å². The molecule has 1 heterocycles. The van der Waals surface area contributed by atoms with Crippen molar-refractivity contribution in [2.45, 2.75) is 11.3 Å². The van der Waals surface area contributed by atoms with Crippen LogP contribution < -0.4 is 9.47 Å². The van der Waals surface area contributed by atoms with E-state index in [1.165, 1.54) is 36.0 Å². The second kappa shape index (κ2) is 8.63. The van der Waals surface area contributed by atoms with Gasteiger partial charge in [0.15, 0.2) is 0 Å². The maximum absolute atomic E-state index is 12.9. The highest BCUT2D eigenvalue weighted by Gasteiger charge is 2.15. The highest BCUT2D eigenvalue weighted by molar-refractivity contribution is 7.99. The van der Waals surface area contributed by atoms with E-state index in [9.17, 15) is 9.50 Å². The zero-order valence-electron chi connectivity index (χ0n) is 13.9. The molecule has 2 aromatic carbocycles. The molecule has 0 saturated heterocycles. The molecule has 1 aromatic heterocycles. The molecule has 0 spiro atoms. The van der Waals surface area contributed by atoms with Crippen LogP contribution in [0.2, 0.25) is 0 Å². The molecule has 0 bridgehead atoms. The molecule has 7 nitrogen and oxygen atoms in total. The van der Waals surface area contributed by atoms with Gasteiger partial charge in [0.05, 0.1) is 13.2 Å². The van der Waals surface area contributed by atoms with Crippen LogP contribution in [-0.4, -0.2) is 50.9 Å². The van der Waals surface area contributed by atoms with E-state index in [4.69, 9.17) is 9.47 Å². The van der Waals surface area contributed by atoms with E-state index in [1.54, 1.807) is 11.8 Å². The Morgan fingerprint density at radius 1 is 1.19 bits per heavy atom. The minimum absolute atomic E-state index is 0.0782. The van der Waals surface area contributed by atoms with Crippen LogP contribution in [0.4, 0.5) is 4.39 Å². The number of methoxy groups -OCH3 is 1. The summed E-state index contributed by atoms with van der Waals surface area (Å²) >= 11 is 1.29. The lowest BCUT2D eigenvalue weighted by atomic mass is 10.3. The number of thioether (sulfide) groups is 1. The summed E-state index contributed by atoms with van der Waals surface area (Å²) in [6, 6.07) is 13.0. The van der Waals surface area contributed by atoms with Crippen molar-refractivity contribution in [1.82, 2.24) is 20.2 Å². The molecule has 9 heteroatoms. The Balaban J connectivity index is 1.58. The predicted octanol–water partition coefficient (Wildman–Crippen LogP) is 2.34. The summed E-state index contributed by atoms with van der Waals surface area (Å²) in [6.07, 6.45) is -0.743. The first-order valence-electron chi connectivity index (χ1n) is 7.78. The van der Waals surface area contributed by atoms with Crippen LogP contribution in [0, 0.1) is 5.82 Å². The molecular weight excluding hydrogens is 359 g/mol. The second-order valence-electron chi connectivity index (χ2n) is 5.27. The fourth-order valence-electron chi connectivity index (χ4n) is 2.17. The summed E-state index contributed by atoms with van der Waals surface area (Å²) in [5, 5.41) is 22.3. The lowest BCUT2D eigenvalue weighted by Crippen LogP contribution is -2.20. The van der Waals surface area contributed by atoms with E-state index in [2.05, 4.69) is 15.5 Å². The van der Waals surface area contributed by atoms with Crippen molar-refractivity contribution in [3.05, 3.63) is 54.3 Å². The van der Waals surface area contributed by atoms with Crippen molar-refractivity contribution in [2.75, 3.05) is 19.5 Å². The molecule has 0 saturated carbocycles. The number of para-hydroxylation sites is 2. The number of benzene rings is 2. The number of hydrogen-bond acceptors (Lipinski definition) is 7. The first-order chi connectivity index (χ1) is 12.7. The van der Waals surface area contributed by atoms with Gasteiger partial charge in [0.25, 0.3) is 0 Å². The fraction of sp³-hybridized carbons (Fsp3) is 0.235. The first-order valence-corrected chi connectivity index (χ1v) is 8.77. The third kappa shape index (κ3) is 4.50. The molecule has 0 aliphatic rings. The largest absolute Gasteiger partial charge is 0.494 e. The summed E-state index contributed by atoms with van der Waals surface area (Å²) in [7, 11) is 1.58. The standard InChI is InChI=1S/C17H17FN4O3S/c1-24-16-5-3-2-4-15(16)22-17(19-20-21-22)26-11-13(23)10-25-14-8-6-12(18)7-9-14/h2-9,13,23H,10-11H2,1H3. The van der Waals surface area contributed by atoms with Gasteiger partial charge in [-0.05, 0) is 46.8 Å². The maximum Gasteiger partial charge on any atom is 0.214 e. The van der Waals surface area contributed by atoms with E-state index in [0.717, 1.165) is 0 Å². The van der Waals surface area contributed by atoms with Crippen LogP contribution in [0.1, 0.15) is 0 Å². The van der Waals surface area contributed by atoms with E-state index in [1.807, 2.05) is 24.3 Å². The Morgan fingerprint density at radius 2 is 1.96 bits per heavy atom. The molecule has 26 heavy (non-hydrogen) atoms. The molecule has 0 radical (unpaired) electrons. The van der Waals surface area contributed by atoms with Crippen molar-refractivity contribution in [2.24, 2.45) is 0 Å². The third-order valence-electron chi connectivity index (χ3n) is 3.42. The zero-order valence-corrected chi connectivity index (χ0v) is 14.8. The second-order valence-corrected chi connectivity index (χ2v) is 6.26. The fourth-order valence-corrected chi connectivity index (χ4v) is 2.96. The van der Waals surface area contributed by atoms with Crippen LogP contribution in [0.25, 0.3) is 5.69 Å². The van der Waals surface area contributed by atoms with Crippen molar-refractivity contribution in [3.63, 3.8) is 0 Å². The van der Waals surface area contributed by atoms with Gasteiger partial charge >= 0.3 is 0 Å². The van der Waals surface area contributed by atoms with Gasteiger partial charge in [-0.1, -0.05) is 23.9 Å². The number of tetrazole rings is 1. The van der Waals surface area contributed by atoms with Gasteiger partial charge in [-0.15, -0.1) is 5.10 Å². The number of rotatable bonds is 8. The highest BCUT2D eigenvalue weighted by atomic mass is 32.2. The lowest BCUT2D eigenvalue weighted by molar-refractivity contribution is 0.126. The quantitative estimate of drug-likeness (QED) is 0.604. The highest BCUT2D eigenvalue weighted by Crippen LogP contribution is 2.25. The molecule has 1 atom stereocenters. The minimum Gasteiger partial charge on any atom is -0.494 e. The summed E-state index contributed by atoms with van der Waals surface area (Å²) < 4.78 is 25.2. The maximum atomic E-state index is 12.9. The first kappa shape index (κ1) is 18.2. The predicted molar refractivity (Wildman–Crippen MR) is 94.3 cm³/mol. The number of halogens is 1. The molecule has 3 rings (SSSR count). The summed E-state index contributed by atoms with van der Waals surface area (Å²) in [4.78, 5) is 0. The van der Waals surface area contributed by atoms with E-state index >= 15 is 0 Å². The molecule has 1 N–H and O–H groups in total. The molecule has 136 valence electrons. The molecule has 0 fully saturated rings. The van der Waals surface area contributed by atoms with Gasteiger partial charge in [0.1, 0.15) is 29.6 Å². The normalized spacial score (nSPS) is 12.0. The number of hydrogen-bond donors (Lipinski definition) is 1. The summed E-state index contributed by atoms with van der Waals surface area (Å²) in [6.45, 7) is 0.0782. The van der Waals surface area contributed by atoms with Crippen molar-refractivity contribution >= 4 is 11.8 Å². The smallest absolute Gasteiger partial charge is 0.214 e. The molecule has 3 aromatic rings. The third-order valence-corrected chi connectivity index (χ3v) is 4.48. The SMILES string of the molecule is COc1ccccc1-n1nnnc1SCC(O)COc1ccc(F)cc1.